The standard InChI is InChI=1S/C22H26N4OS/c1-16-17(2)28-21(26-16)14-25-22(23-3)24-13-19-11-7-8-12-20(19)27-15-18-9-5-4-6-10-18/h4-12H,13-15H2,1-3H3,(H2,23,24,25). The van der Waals surface area contributed by atoms with Gasteiger partial charge in [-0.05, 0) is 25.5 Å². The van der Waals surface area contributed by atoms with Gasteiger partial charge in [-0.15, -0.1) is 11.3 Å². The van der Waals surface area contributed by atoms with Crippen LogP contribution in [0.15, 0.2) is 59.6 Å². The molecule has 2 N–H and O–H groups in total. The molecule has 5 nitrogen and oxygen atoms in total. The Balaban J connectivity index is 1.55. The number of ether oxygens (including phenoxy) is 1. The highest BCUT2D eigenvalue weighted by Gasteiger charge is 2.07. The first kappa shape index (κ1) is 19.9. The van der Waals surface area contributed by atoms with Crippen molar-refractivity contribution in [3.63, 3.8) is 0 Å². The van der Waals surface area contributed by atoms with Crippen LogP contribution in [0.5, 0.6) is 5.75 Å². The van der Waals surface area contributed by atoms with Gasteiger partial charge in [0.15, 0.2) is 5.96 Å². The first-order chi connectivity index (χ1) is 13.7. The summed E-state index contributed by atoms with van der Waals surface area (Å²) in [4.78, 5) is 10.1. The third kappa shape index (κ3) is 5.57. The lowest BCUT2D eigenvalue weighted by atomic mass is 10.2. The summed E-state index contributed by atoms with van der Waals surface area (Å²) in [6.45, 7) is 5.96. The fourth-order valence-corrected chi connectivity index (χ4v) is 3.57. The van der Waals surface area contributed by atoms with Gasteiger partial charge in [-0.2, -0.15) is 0 Å². The van der Waals surface area contributed by atoms with Crippen LogP contribution in [-0.4, -0.2) is 18.0 Å². The summed E-state index contributed by atoms with van der Waals surface area (Å²) in [6, 6.07) is 18.2. The molecule has 0 amide bonds. The highest BCUT2D eigenvalue weighted by atomic mass is 32.1. The Bertz CT molecular complexity index is 902. The topological polar surface area (TPSA) is 58.5 Å². The van der Waals surface area contributed by atoms with Crippen LogP contribution in [-0.2, 0) is 19.7 Å². The van der Waals surface area contributed by atoms with Crippen molar-refractivity contribution < 1.29 is 4.74 Å². The number of hydrogen-bond donors (Lipinski definition) is 2. The average molecular weight is 395 g/mol. The Morgan fingerprint density at radius 2 is 1.71 bits per heavy atom. The largest absolute Gasteiger partial charge is 0.489 e. The summed E-state index contributed by atoms with van der Waals surface area (Å²) in [5.41, 5.74) is 3.33. The van der Waals surface area contributed by atoms with Gasteiger partial charge in [-0.25, -0.2) is 4.98 Å². The molecule has 1 aromatic heterocycles. The molecule has 0 aliphatic rings. The summed E-state index contributed by atoms with van der Waals surface area (Å²) >= 11 is 1.71. The number of aryl methyl sites for hydroxylation is 2. The van der Waals surface area contributed by atoms with Gasteiger partial charge in [-0.1, -0.05) is 48.5 Å². The zero-order valence-corrected chi connectivity index (χ0v) is 17.3. The van der Waals surface area contributed by atoms with E-state index in [1.807, 2.05) is 43.3 Å². The van der Waals surface area contributed by atoms with Crippen LogP contribution in [0, 0.1) is 13.8 Å². The number of aromatic nitrogens is 1. The predicted molar refractivity (Wildman–Crippen MR) is 116 cm³/mol. The van der Waals surface area contributed by atoms with Crippen molar-refractivity contribution in [1.29, 1.82) is 0 Å². The van der Waals surface area contributed by atoms with E-state index in [4.69, 9.17) is 4.74 Å². The van der Waals surface area contributed by atoms with Gasteiger partial charge in [-0.3, -0.25) is 4.99 Å². The van der Waals surface area contributed by atoms with Gasteiger partial charge in [0.1, 0.15) is 17.4 Å². The quantitative estimate of drug-likeness (QED) is 0.466. The minimum absolute atomic E-state index is 0.549. The summed E-state index contributed by atoms with van der Waals surface area (Å²) in [6.07, 6.45) is 0. The highest BCUT2D eigenvalue weighted by Crippen LogP contribution is 2.19. The second-order valence-corrected chi connectivity index (χ2v) is 7.70. The summed E-state index contributed by atoms with van der Waals surface area (Å²) in [5, 5.41) is 7.73. The number of para-hydroxylation sites is 1. The van der Waals surface area contributed by atoms with Gasteiger partial charge in [0.2, 0.25) is 0 Å². The molecule has 3 rings (SSSR count). The van der Waals surface area contributed by atoms with E-state index < -0.39 is 0 Å². The fraction of sp³-hybridized carbons (Fsp3) is 0.273. The molecule has 0 unspecified atom stereocenters. The smallest absolute Gasteiger partial charge is 0.191 e. The van der Waals surface area contributed by atoms with E-state index in [2.05, 4.69) is 45.7 Å². The van der Waals surface area contributed by atoms with Crippen LogP contribution in [0.3, 0.4) is 0 Å². The van der Waals surface area contributed by atoms with Crippen LogP contribution in [0.1, 0.15) is 26.7 Å². The average Bonchev–Trinajstić information content (AvgIpc) is 3.05. The van der Waals surface area contributed by atoms with Crippen LogP contribution < -0.4 is 15.4 Å². The van der Waals surface area contributed by atoms with Crippen molar-refractivity contribution in [3.8, 4) is 5.75 Å². The summed E-state index contributed by atoms with van der Waals surface area (Å²) in [7, 11) is 1.77. The molecule has 0 aliphatic heterocycles. The van der Waals surface area contributed by atoms with E-state index in [1.54, 1.807) is 18.4 Å². The Kier molecular flexibility index (Phi) is 7.03. The van der Waals surface area contributed by atoms with Crippen molar-refractivity contribution >= 4 is 17.3 Å². The Morgan fingerprint density at radius 1 is 1.00 bits per heavy atom. The molecule has 0 aliphatic carbocycles. The second kappa shape index (κ2) is 9.90. The molecule has 0 radical (unpaired) electrons. The zero-order chi connectivity index (χ0) is 19.8. The Morgan fingerprint density at radius 3 is 2.43 bits per heavy atom. The van der Waals surface area contributed by atoms with Crippen molar-refractivity contribution in [2.45, 2.75) is 33.5 Å². The molecule has 0 saturated carbocycles. The molecule has 0 saturated heterocycles. The molecule has 0 spiro atoms. The number of nitrogens with zero attached hydrogens (tertiary/aromatic N) is 2. The van der Waals surface area contributed by atoms with Gasteiger partial charge >= 0.3 is 0 Å². The molecule has 0 atom stereocenters. The van der Waals surface area contributed by atoms with E-state index in [-0.39, 0.29) is 0 Å². The van der Waals surface area contributed by atoms with E-state index in [0.29, 0.717) is 19.7 Å². The molecule has 0 bridgehead atoms. The van der Waals surface area contributed by atoms with Crippen LogP contribution >= 0.6 is 11.3 Å². The summed E-state index contributed by atoms with van der Waals surface area (Å²) in [5.74, 6) is 1.61. The predicted octanol–water partition coefficient (Wildman–Crippen LogP) is 4.20. The first-order valence-corrected chi connectivity index (χ1v) is 10.1. The van der Waals surface area contributed by atoms with E-state index in [0.717, 1.165) is 33.5 Å². The minimum Gasteiger partial charge on any atom is -0.489 e. The first-order valence-electron chi connectivity index (χ1n) is 9.27. The Labute approximate surface area is 170 Å². The Hall–Kier alpha value is -2.86. The number of thiazole rings is 1. The third-order valence-electron chi connectivity index (χ3n) is 4.36. The van der Waals surface area contributed by atoms with Gasteiger partial charge in [0, 0.05) is 24.0 Å². The molecule has 6 heteroatoms. The number of hydrogen-bond acceptors (Lipinski definition) is 4. The van der Waals surface area contributed by atoms with Gasteiger partial charge in [0.25, 0.3) is 0 Å². The van der Waals surface area contributed by atoms with Crippen LogP contribution in [0.4, 0.5) is 0 Å². The van der Waals surface area contributed by atoms with Crippen LogP contribution in [0.2, 0.25) is 0 Å². The lowest BCUT2D eigenvalue weighted by molar-refractivity contribution is 0.302. The SMILES string of the molecule is CN=C(NCc1nc(C)c(C)s1)NCc1ccccc1OCc1ccccc1. The maximum Gasteiger partial charge on any atom is 0.191 e. The molecule has 28 heavy (non-hydrogen) atoms. The maximum absolute atomic E-state index is 6.03. The molecule has 1 heterocycles. The molecule has 0 fully saturated rings. The van der Waals surface area contributed by atoms with E-state index in [1.165, 1.54) is 4.88 Å². The highest BCUT2D eigenvalue weighted by molar-refractivity contribution is 7.11. The zero-order valence-electron chi connectivity index (χ0n) is 16.5. The van der Waals surface area contributed by atoms with Crippen LogP contribution in [0.25, 0.3) is 0 Å². The summed E-state index contributed by atoms with van der Waals surface area (Å²) < 4.78 is 6.03. The van der Waals surface area contributed by atoms with Gasteiger partial charge in [0.05, 0.1) is 12.2 Å². The van der Waals surface area contributed by atoms with E-state index >= 15 is 0 Å². The number of guanidine groups is 1. The second-order valence-electron chi connectivity index (χ2n) is 6.41. The number of benzene rings is 2. The monoisotopic (exact) mass is 394 g/mol. The van der Waals surface area contributed by atoms with Crippen molar-refractivity contribution in [2.75, 3.05) is 7.05 Å². The number of rotatable bonds is 7. The van der Waals surface area contributed by atoms with E-state index in [9.17, 15) is 0 Å². The molecule has 3 aromatic rings. The lowest BCUT2D eigenvalue weighted by Gasteiger charge is -2.14. The maximum atomic E-state index is 6.03. The number of aliphatic imine (C=N–C) groups is 1. The lowest BCUT2D eigenvalue weighted by Crippen LogP contribution is -2.36. The fourth-order valence-electron chi connectivity index (χ4n) is 2.70. The van der Waals surface area contributed by atoms with Gasteiger partial charge < -0.3 is 15.4 Å². The van der Waals surface area contributed by atoms with Crippen molar-refractivity contribution in [2.24, 2.45) is 4.99 Å². The minimum atomic E-state index is 0.549. The molecular formula is C22H26N4OS. The number of nitrogens with one attached hydrogen (secondary N) is 2. The molecule has 146 valence electrons. The van der Waals surface area contributed by atoms with Crippen molar-refractivity contribution in [1.82, 2.24) is 15.6 Å². The third-order valence-corrected chi connectivity index (χ3v) is 5.43. The molecule has 2 aromatic carbocycles. The molecular weight excluding hydrogens is 368 g/mol. The van der Waals surface area contributed by atoms with Crippen molar-refractivity contribution in [3.05, 3.63) is 81.3 Å². The normalized spacial score (nSPS) is 11.3.